The Kier molecular flexibility index (Phi) is 4.87. The maximum atomic E-state index is 11.9. The predicted molar refractivity (Wildman–Crippen MR) is 74.4 cm³/mol. The van der Waals surface area contributed by atoms with Crippen LogP contribution in [0.5, 0.6) is 0 Å². The summed E-state index contributed by atoms with van der Waals surface area (Å²) in [5.41, 5.74) is 0.473. The van der Waals surface area contributed by atoms with Crippen molar-refractivity contribution in [3.05, 3.63) is 33.8 Å². The fraction of sp³-hybridized carbons (Fsp3) is 0.462. The summed E-state index contributed by atoms with van der Waals surface area (Å²) in [6, 6.07) is 5.43. The first-order valence-electron chi connectivity index (χ1n) is 6.13. The predicted octanol–water partition coefficient (Wildman–Crippen LogP) is 2.87. The van der Waals surface area contributed by atoms with E-state index in [2.05, 4.69) is 10.6 Å². The summed E-state index contributed by atoms with van der Waals surface area (Å²) < 4.78 is 0. The van der Waals surface area contributed by atoms with Gasteiger partial charge in [-0.05, 0) is 44.0 Å². The Balaban J connectivity index is 1.83. The molecule has 1 aromatic carbocycles. The number of hydrogen-bond donors (Lipinski definition) is 2. The monoisotopic (exact) mass is 286 g/mol. The van der Waals surface area contributed by atoms with Crippen LogP contribution in [0, 0.1) is 0 Å². The van der Waals surface area contributed by atoms with Crippen molar-refractivity contribution in [3.8, 4) is 0 Å². The van der Waals surface area contributed by atoms with E-state index in [1.54, 1.807) is 18.2 Å². The average Bonchev–Trinajstić information content (AvgIpc) is 2.81. The summed E-state index contributed by atoms with van der Waals surface area (Å²) in [5.74, 6) is -0.144. The summed E-state index contributed by atoms with van der Waals surface area (Å²) in [6.07, 6.45) is 3.37. The third-order valence-electron chi connectivity index (χ3n) is 3.12. The first-order chi connectivity index (χ1) is 8.66. The molecule has 0 aromatic heterocycles. The molecular formula is C13H16Cl2N2O. The number of benzene rings is 1. The number of rotatable bonds is 4. The lowest BCUT2D eigenvalue weighted by Gasteiger charge is -2.11. The summed E-state index contributed by atoms with van der Waals surface area (Å²) in [4.78, 5) is 11.9. The lowest BCUT2D eigenvalue weighted by molar-refractivity contribution is 0.0952. The Morgan fingerprint density at radius 2 is 2.28 bits per heavy atom. The molecule has 0 spiro atoms. The van der Waals surface area contributed by atoms with Gasteiger partial charge in [-0.1, -0.05) is 23.2 Å². The maximum Gasteiger partial charge on any atom is 0.252 e. The molecule has 2 rings (SSSR count). The number of amides is 1. The molecule has 0 radical (unpaired) electrons. The Hall–Kier alpha value is -0.770. The molecule has 1 amide bonds. The molecule has 1 fully saturated rings. The van der Waals surface area contributed by atoms with E-state index in [9.17, 15) is 4.79 Å². The largest absolute Gasteiger partial charge is 0.352 e. The zero-order chi connectivity index (χ0) is 13.0. The fourth-order valence-corrected chi connectivity index (χ4v) is 2.63. The van der Waals surface area contributed by atoms with Gasteiger partial charge in [-0.15, -0.1) is 0 Å². The lowest BCUT2D eigenvalue weighted by atomic mass is 10.1. The molecule has 98 valence electrons. The molecule has 1 unspecified atom stereocenters. The maximum absolute atomic E-state index is 11.9. The quantitative estimate of drug-likeness (QED) is 0.894. The van der Waals surface area contributed by atoms with Gasteiger partial charge in [0.2, 0.25) is 0 Å². The van der Waals surface area contributed by atoms with Crippen LogP contribution in [0.4, 0.5) is 0 Å². The van der Waals surface area contributed by atoms with Crippen molar-refractivity contribution < 1.29 is 4.79 Å². The van der Waals surface area contributed by atoms with Crippen molar-refractivity contribution in [1.82, 2.24) is 10.6 Å². The molecule has 1 aliphatic rings. The number of nitrogens with one attached hydrogen (secondary N) is 2. The highest BCUT2D eigenvalue weighted by Crippen LogP contribution is 2.20. The molecule has 2 N–H and O–H groups in total. The second-order valence-corrected chi connectivity index (χ2v) is 5.31. The summed E-state index contributed by atoms with van der Waals surface area (Å²) in [7, 11) is 0. The minimum absolute atomic E-state index is 0.144. The van der Waals surface area contributed by atoms with Crippen molar-refractivity contribution in [3.63, 3.8) is 0 Å². The fourth-order valence-electron chi connectivity index (χ4n) is 2.13. The highest BCUT2D eigenvalue weighted by atomic mass is 35.5. The SMILES string of the molecule is O=C(NCCC1CCCN1)c1ccc(Cl)cc1Cl. The second kappa shape index (κ2) is 6.41. The third-order valence-corrected chi connectivity index (χ3v) is 3.66. The van der Waals surface area contributed by atoms with Crippen LogP contribution in [-0.4, -0.2) is 25.0 Å². The minimum atomic E-state index is -0.144. The molecule has 1 saturated heterocycles. The van der Waals surface area contributed by atoms with Crippen LogP contribution in [0.2, 0.25) is 10.0 Å². The van der Waals surface area contributed by atoms with Crippen LogP contribution in [0.3, 0.4) is 0 Å². The summed E-state index contributed by atoms with van der Waals surface area (Å²) in [6.45, 7) is 1.75. The standard InChI is InChI=1S/C13H16Cl2N2O/c14-9-3-4-11(12(15)8-9)13(18)17-7-5-10-2-1-6-16-10/h3-4,8,10,16H,1-2,5-7H2,(H,17,18). The van der Waals surface area contributed by atoms with Gasteiger partial charge in [-0.2, -0.15) is 0 Å². The van der Waals surface area contributed by atoms with Crippen molar-refractivity contribution in [2.45, 2.75) is 25.3 Å². The van der Waals surface area contributed by atoms with Crippen LogP contribution in [0.1, 0.15) is 29.6 Å². The molecule has 0 aliphatic carbocycles. The van der Waals surface area contributed by atoms with Gasteiger partial charge < -0.3 is 10.6 Å². The van der Waals surface area contributed by atoms with Gasteiger partial charge in [0.1, 0.15) is 0 Å². The smallest absolute Gasteiger partial charge is 0.252 e. The van der Waals surface area contributed by atoms with E-state index in [4.69, 9.17) is 23.2 Å². The van der Waals surface area contributed by atoms with E-state index in [1.807, 2.05) is 0 Å². The molecule has 18 heavy (non-hydrogen) atoms. The molecule has 1 atom stereocenters. The zero-order valence-electron chi connectivity index (χ0n) is 10.0. The van der Waals surface area contributed by atoms with Crippen molar-refractivity contribution in [2.75, 3.05) is 13.1 Å². The molecule has 5 heteroatoms. The van der Waals surface area contributed by atoms with Crippen LogP contribution < -0.4 is 10.6 Å². The number of carbonyl (C=O) groups excluding carboxylic acids is 1. The molecular weight excluding hydrogens is 271 g/mol. The topological polar surface area (TPSA) is 41.1 Å². The van der Waals surface area contributed by atoms with Gasteiger partial charge in [0.15, 0.2) is 0 Å². The van der Waals surface area contributed by atoms with Gasteiger partial charge >= 0.3 is 0 Å². The van der Waals surface area contributed by atoms with E-state index in [0.717, 1.165) is 13.0 Å². The average molecular weight is 287 g/mol. The Bertz CT molecular complexity index is 431. The van der Waals surface area contributed by atoms with Crippen molar-refractivity contribution in [1.29, 1.82) is 0 Å². The molecule has 0 bridgehead atoms. The highest BCUT2D eigenvalue weighted by Gasteiger charge is 2.15. The van der Waals surface area contributed by atoms with E-state index in [-0.39, 0.29) is 5.91 Å². The lowest BCUT2D eigenvalue weighted by Crippen LogP contribution is -2.30. The molecule has 1 aliphatic heterocycles. The third kappa shape index (κ3) is 3.61. The Labute approximate surface area is 117 Å². The van der Waals surface area contributed by atoms with E-state index in [1.165, 1.54) is 12.8 Å². The molecule has 1 heterocycles. The van der Waals surface area contributed by atoms with E-state index >= 15 is 0 Å². The number of halogens is 2. The Morgan fingerprint density at radius 3 is 2.94 bits per heavy atom. The van der Waals surface area contributed by atoms with Crippen molar-refractivity contribution >= 4 is 29.1 Å². The van der Waals surface area contributed by atoms with Gasteiger partial charge in [0.25, 0.3) is 5.91 Å². The summed E-state index contributed by atoms with van der Waals surface area (Å²) in [5, 5.41) is 7.20. The number of hydrogen-bond acceptors (Lipinski definition) is 2. The van der Waals surface area contributed by atoms with Crippen LogP contribution in [0.15, 0.2) is 18.2 Å². The first kappa shape index (κ1) is 13.7. The van der Waals surface area contributed by atoms with E-state index in [0.29, 0.717) is 28.2 Å². The number of carbonyl (C=O) groups is 1. The summed E-state index contributed by atoms with van der Waals surface area (Å²) >= 11 is 11.8. The highest BCUT2D eigenvalue weighted by molar-refractivity contribution is 6.36. The van der Waals surface area contributed by atoms with Crippen LogP contribution >= 0.6 is 23.2 Å². The zero-order valence-corrected chi connectivity index (χ0v) is 11.5. The molecule has 3 nitrogen and oxygen atoms in total. The van der Waals surface area contributed by atoms with Gasteiger partial charge in [0.05, 0.1) is 10.6 Å². The minimum Gasteiger partial charge on any atom is -0.352 e. The van der Waals surface area contributed by atoms with Crippen LogP contribution in [0.25, 0.3) is 0 Å². The van der Waals surface area contributed by atoms with Gasteiger partial charge in [0, 0.05) is 17.6 Å². The molecule has 1 aromatic rings. The van der Waals surface area contributed by atoms with Gasteiger partial charge in [-0.3, -0.25) is 4.79 Å². The second-order valence-electron chi connectivity index (χ2n) is 4.46. The molecule has 0 saturated carbocycles. The van der Waals surface area contributed by atoms with Gasteiger partial charge in [-0.25, -0.2) is 0 Å². The van der Waals surface area contributed by atoms with Crippen LogP contribution in [-0.2, 0) is 0 Å². The Morgan fingerprint density at radius 1 is 1.44 bits per heavy atom. The van der Waals surface area contributed by atoms with E-state index < -0.39 is 0 Å². The first-order valence-corrected chi connectivity index (χ1v) is 6.89. The van der Waals surface area contributed by atoms with Crippen molar-refractivity contribution in [2.24, 2.45) is 0 Å². The normalized spacial score (nSPS) is 18.9.